The van der Waals surface area contributed by atoms with E-state index < -0.39 is 18.5 Å². The molecular weight excluding hydrogens is 437 g/mol. The van der Waals surface area contributed by atoms with E-state index in [-0.39, 0.29) is 5.56 Å². The van der Waals surface area contributed by atoms with Crippen molar-refractivity contribution < 1.29 is 24.5 Å². The van der Waals surface area contributed by atoms with Gasteiger partial charge in [-0.15, -0.1) is 0 Å². The van der Waals surface area contributed by atoms with E-state index in [4.69, 9.17) is 14.9 Å². The molecule has 2 aromatic rings. The number of rotatable bonds is 6. The lowest BCUT2D eigenvalue weighted by molar-refractivity contribution is -0.139. The van der Waals surface area contributed by atoms with Crippen LogP contribution in [0.4, 0.5) is 0 Å². The summed E-state index contributed by atoms with van der Waals surface area (Å²) in [5.74, 6) is -1.64. The molecule has 0 fully saturated rings. The average molecular weight is 449 g/mol. The Bertz CT molecular complexity index is 881. The monoisotopic (exact) mass is 449 g/mol. The van der Waals surface area contributed by atoms with Crippen LogP contribution in [0.15, 0.2) is 42.5 Å². The van der Waals surface area contributed by atoms with Gasteiger partial charge in [-0.25, -0.2) is 9.59 Å². The van der Waals surface area contributed by atoms with Crippen molar-refractivity contribution in [2.24, 2.45) is 0 Å². The molecule has 0 radical (unpaired) electrons. The fourth-order valence-corrected chi connectivity index (χ4v) is 2.70. The van der Waals surface area contributed by atoms with Crippen molar-refractivity contribution in [3.8, 4) is 11.8 Å². The Morgan fingerprint density at radius 2 is 1.76 bits per heavy atom. The number of aliphatic carboxylic acids is 1. The third-order valence-electron chi connectivity index (χ3n) is 3.18. The second-order valence-corrected chi connectivity index (χ2v) is 6.09. The number of carbonyl (C=O) groups is 2. The Labute approximate surface area is 157 Å². The maximum atomic E-state index is 10.9. The highest BCUT2D eigenvalue weighted by atomic mass is 127. The Hall–Kier alpha value is -2.86. The van der Waals surface area contributed by atoms with Gasteiger partial charge in [-0.2, -0.15) is 5.26 Å². The van der Waals surface area contributed by atoms with Crippen LogP contribution in [0.3, 0.4) is 0 Å². The number of benzene rings is 2. The zero-order valence-electron chi connectivity index (χ0n) is 12.8. The second kappa shape index (κ2) is 8.30. The van der Waals surface area contributed by atoms with Crippen molar-refractivity contribution in [3.05, 3.63) is 62.7 Å². The lowest BCUT2D eigenvalue weighted by atomic mass is 10.0. The van der Waals surface area contributed by atoms with E-state index in [1.165, 1.54) is 12.1 Å². The first-order chi connectivity index (χ1) is 11.9. The molecule has 2 N–H and O–H groups in total. The molecule has 2 rings (SSSR count). The number of nitriles is 1. The van der Waals surface area contributed by atoms with Crippen LogP contribution in [0, 0.1) is 14.9 Å². The first kappa shape index (κ1) is 18.5. The number of aromatic carboxylic acids is 1. The number of ether oxygens (including phenoxy) is 1. The molecule has 7 heteroatoms. The Morgan fingerprint density at radius 3 is 2.28 bits per heavy atom. The number of halogens is 1. The number of hydrogen-bond acceptors (Lipinski definition) is 4. The Kier molecular flexibility index (Phi) is 6.14. The molecule has 126 valence electrons. The molecule has 0 spiro atoms. The first-order valence-corrected chi connectivity index (χ1v) is 8.08. The molecule has 2 aromatic carbocycles. The predicted octanol–water partition coefficient (Wildman–Crippen LogP) is 3.52. The van der Waals surface area contributed by atoms with E-state index in [0.717, 1.165) is 5.56 Å². The maximum absolute atomic E-state index is 10.9. The molecule has 0 atom stereocenters. The molecule has 0 heterocycles. The predicted molar refractivity (Wildman–Crippen MR) is 99.2 cm³/mol. The van der Waals surface area contributed by atoms with Crippen molar-refractivity contribution in [1.29, 1.82) is 5.26 Å². The first-order valence-electron chi connectivity index (χ1n) is 7.00. The molecular formula is C18H12INO5. The number of allylic oxidation sites excluding steroid dienone is 1. The summed E-state index contributed by atoms with van der Waals surface area (Å²) < 4.78 is 5.87. The molecule has 0 aliphatic rings. The number of hydrogen-bond donors (Lipinski definition) is 2. The van der Waals surface area contributed by atoms with E-state index in [2.05, 4.69) is 6.07 Å². The molecule has 0 unspecified atom stereocenters. The van der Waals surface area contributed by atoms with Crippen molar-refractivity contribution in [2.75, 3.05) is 6.61 Å². The highest BCUT2D eigenvalue weighted by molar-refractivity contribution is 14.1. The zero-order valence-corrected chi connectivity index (χ0v) is 14.9. The van der Waals surface area contributed by atoms with Crippen molar-refractivity contribution in [1.82, 2.24) is 0 Å². The summed E-state index contributed by atoms with van der Waals surface area (Å²) >= 11 is 2.02. The highest BCUT2D eigenvalue weighted by Crippen LogP contribution is 2.25. The van der Waals surface area contributed by atoms with Crippen LogP contribution in [-0.4, -0.2) is 28.8 Å². The fraction of sp³-hybridized carbons (Fsp3) is 0.0556. The van der Waals surface area contributed by atoms with Crippen LogP contribution in [0.1, 0.15) is 21.5 Å². The number of nitrogens with zero attached hydrogens (tertiary/aromatic N) is 1. The summed E-state index contributed by atoms with van der Waals surface area (Å²) in [5, 5.41) is 26.9. The minimum atomic E-state index is -1.06. The van der Waals surface area contributed by atoms with Gasteiger partial charge >= 0.3 is 11.9 Å². The molecule has 0 saturated carbocycles. The smallest absolute Gasteiger partial charge is 0.341 e. The molecule has 0 aliphatic heterocycles. The van der Waals surface area contributed by atoms with Crippen LogP contribution in [0.25, 0.3) is 11.6 Å². The van der Waals surface area contributed by atoms with Gasteiger partial charge in [0.2, 0.25) is 0 Å². The van der Waals surface area contributed by atoms with Gasteiger partial charge in [0.25, 0.3) is 0 Å². The number of carboxylic acid groups (broad SMARTS) is 2. The topological polar surface area (TPSA) is 108 Å². The van der Waals surface area contributed by atoms with E-state index in [9.17, 15) is 14.9 Å². The lowest BCUT2D eigenvalue weighted by Gasteiger charge is -2.07. The average Bonchev–Trinajstić information content (AvgIpc) is 2.58. The minimum Gasteiger partial charge on any atom is -0.481 e. The van der Waals surface area contributed by atoms with E-state index in [1.807, 2.05) is 22.6 Å². The van der Waals surface area contributed by atoms with Gasteiger partial charge in [0.15, 0.2) is 6.61 Å². The quantitative estimate of drug-likeness (QED) is 0.397. The van der Waals surface area contributed by atoms with Gasteiger partial charge in [-0.05, 0) is 64.1 Å². The molecule has 0 aromatic heterocycles. The van der Waals surface area contributed by atoms with Crippen molar-refractivity contribution >= 4 is 46.2 Å². The standard InChI is InChI=1S/C18H12INO5/c19-15-8-11(1-6-16(15)25-10-17(21)22)7-14(9-20)12-2-4-13(5-3-12)18(23)24/h1-8H,10H2,(H,21,22)(H,23,24)/b14-7-. The van der Waals surface area contributed by atoms with E-state index >= 15 is 0 Å². The summed E-state index contributed by atoms with van der Waals surface area (Å²) in [6, 6.07) is 13.2. The summed E-state index contributed by atoms with van der Waals surface area (Å²) in [6.07, 6.45) is 1.67. The highest BCUT2D eigenvalue weighted by Gasteiger charge is 2.07. The van der Waals surface area contributed by atoms with Gasteiger partial charge in [-0.1, -0.05) is 18.2 Å². The number of carboxylic acids is 2. The van der Waals surface area contributed by atoms with Gasteiger partial charge in [0, 0.05) is 0 Å². The summed E-state index contributed by atoms with van der Waals surface area (Å²) in [4.78, 5) is 21.4. The zero-order chi connectivity index (χ0) is 18.4. The van der Waals surface area contributed by atoms with Gasteiger partial charge in [-0.3, -0.25) is 0 Å². The summed E-state index contributed by atoms with van der Waals surface area (Å²) in [5.41, 5.74) is 1.88. The van der Waals surface area contributed by atoms with Crippen LogP contribution >= 0.6 is 22.6 Å². The minimum absolute atomic E-state index is 0.149. The maximum Gasteiger partial charge on any atom is 0.341 e. The van der Waals surface area contributed by atoms with Gasteiger partial charge in [0.1, 0.15) is 5.75 Å². The van der Waals surface area contributed by atoms with Crippen molar-refractivity contribution in [2.45, 2.75) is 0 Å². The second-order valence-electron chi connectivity index (χ2n) is 4.92. The lowest BCUT2D eigenvalue weighted by Crippen LogP contribution is -2.10. The van der Waals surface area contributed by atoms with Crippen LogP contribution in [0.2, 0.25) is 0 Å². The van der Waals surface area contributed by atoms with Gasteiger partial charge in [0.05, 0.1) is 20.8 Å². The molecule has 6 nitrogen and oxygen atoms in total. The molecule has 25 heavy (non-hydrogen) atoms. The van der Waals surface area contributed by atoms with Crippen LogP contribution in [0.5, 0.6) is 5.75 Å². The Balaban J connectivity index is 2.27. The SMILES string of the molecule is N#C/C(=C/c1ccc(OCC(=O)O)c(I)c1)c1ccc(C(=O)O)cc1. The van der Waals surface area contributed by atoms with E-state index in [1.54, 1.807) is 36.4 Å². The third-order valence-corrected chi connectivity index (χ3v) is 4.02. The summed E-state index contributed by atoms with van der Waals surface area (Å²) in [6.45, 7) is -0.426. The summed E-state index contributed by atoms with van der Waals surface area (Å²) in [7, 11) is 0. The third kappa shape index (κ3) is 5.06. The molecule has 0 amide bonds. The fourth-order valence-electron chi connectivity index (χ4n) is 2.00. The Morgan fingerprint density at radius 1 is 1.12 bits per heavy atom. The van der Waals surface area contributed by atoms with Crippen molar-refractivity contribution in [3.63, 3.8) is 0 Å². The molecule has 0 aliphatic carbocycles. The van der Waals surface area contributed by atoms with Crippen LogP contribution < -0.4 is 4.74 Å². The normalized spacial score (nSPS) is 10.8. The molecule has 0 bridgehead atoms. The van der Waals surface area contributed by atoms with Crippen LogP contribution in [-0.2, 0) is 4.79 Å². The van der Waals surface area contributed by atoms with E-state index in [0.29, 0.717) is 20.5 Å². The largest absolute Gasteiger partial charge is 0.481 e. The molecule has 0 saturated heterocycles. The van der Waals surface area contributed by atoms with Gasteiger partial charge < -0.3 is 14.9 Å².